The minimum absolute atomic E-state index is 0.0956. The zero-order valence-electron chi connectivity index (χ0n) is 24.0. The summed E-state index contributed by atoms with van der Waals surface area (Å²) in [6.07, 6.45) is 1.38. The number of benzene rings is 2. The molecule has 0 bridgehead atoms. The first-order valence-electron chi connectivity index (χ1n) is 13.6. The monoisotopic (exact) mass is 587 g/mol. The number of H-pyrrole nitrogens is 1. The summed E-state index contributed by atoms with van der Waals surface area (Å²) in [6.45, 7) is 9.50. The van der Waals surface area contributed by atoms with Gasteiger partial charge in [0.15, 0.2) is 0 Å². The highest BCUT2D eigenvalue weighted by molar-refractivity contribution is 6.31. The number of nitrogens with one attached hydrogen (secondary N) is 2. The van der Waals surface area contributed by atoms with Crippen molar-refractivity contribution in [1.29, 1.82) is 0 Å². The normalized spacial score (nSPS) is 13.5. The van der Waals surface area contributed by atoms with Crippen LogP contribution in [0.2, 0.25) is 5.02 Å². The Kier molecular flexibility index (Phi) is 7.83. The van der Waals surface area contributed by atoms with Crippen LogP contribution in [0.15, 0.2) is 54.7 Å². The molecule has 4 aromatic rings. The van der Waals surface area contributed by atoms with Crippen molar-refractivity contribution >= 4 is 35.2 Å². The second kappa shape index (κ2) is 11.4. The molecule has 3 heterocycles. The number of nitrogen functional groups attached to an aromatic ring is 1. The van der Waals surface area contributed by atoms with Gasteiger partial charge in [-0.2, -0.15) is 0 Å². The number of aromatic amines is 1. The van der Waals surface area contributed by atoms with Crippen molar-refractivity contribution in [2.24, 2.45) is 11.7 Å². The summed E-state index contributed by atoms with van der Waals surface area (Å²) in [6, 6.07) is 15.0. The minimum atomic E-state index is -0.581. The van der Waals surface area contributed by atoms with Crippen LogP contribution in [0.1, 0.15) is 36.7 Å². The van der Waals surface area contributed by atoms with Gasteiger partial charge in [-0.05, 0) is 69.2 Å². The van der Waals surface area contributed by atoms with Gasteiger partial charge in [0.1, 0.15) is 5.60 Å². The number of hydrogen-bond donors (Lipinski definition) is 4. The number of hydrogen-bond acceptors (Lipinski definition) is 7. The number of amides is 2. The molecule has 0 atom stereocenters. The molecule has 42 heavy (non-hydrogen) atoms. The number of aryl methyl sites for hydroxylation is 1. The van der Waals surface area contributed by atoms with Crippen molar-refractivity contribution in [2.75, 3.05) is 30.7 Å². The zero-order valence-corrected chi connectivity index (χ0v) is 24.7. The molecule has 1 fully saturated rings. The maximum atomic E-state index is 12.5. The highest BCUT2D eigenvalue weighted by Crippen LogP contribution is 2.36. The van der Waals surface area contributed by atoms with E-state index in [2.05, 4.69) is 20.3 Å². The molecule has 2 aromatic heterocycles. The lowest BCUT2D eigenvalue weighted by Crippen LogP contribution is -2.53. The average molecular weight is 588 g/mol. The molecule has 5 rings (SSSR count). The third-order valence-electron chi connectivity index (χ3n) is 6.99. The van der Waals surface area contributed by atoms with E-state index in [1.807, 2.05) is 58.0 Å². The summed E-state index contributed by atoms with van der Waals surface area (Å²) in [5, 5.41) is 4.01. The number of nitrogens with two attached hydrogens (primary N) is 2. The van der Waals surface area contributed by atoms with E-state index >= 15 is 0 Å². The van der Waals surface area contributed by atoms with Gasteiger partial charge in [0.05, 0.1) is 22.6 Å². The predicted octanol–water partition coefficient (Wildman–Crippen LogP) is 5.73. The number of carbonyl (C=O) groups excluding carboxylic acids is 2. The molecule has 0 unspecified atom stereocenters. The maximum Gasteiger partial charge on any atom is 0.410 e. The number of carbonyl (C=O) groups is 2. The van der Waals surface area contributed by atoms with Crippen LogP contribution in [0.25, 0.3) is 33.8 Å². The highest BCUT2D eigenvalue weighted by atomic mass is 35.5. The first kappa shape index (κ1) is 28.9. The summed E-state index contributed by atoms with van der Waals surface area (Å²) in [5.41, 5.74) is 17.4. The van der Waals surface area contributed by atoms with Crippen molar-refractivity contribution in [2.45, 2.75) is 33.3 Å². The predicted molar refractivity (Wildman–Crippen MR) is 165 cm³/mol. The first-order chi connectivity index (χ1) is 19.9. The molecular formula is C31H34ClN7O3. The Morgan fingerprint density at radius 3 is 2.62 bits per heavy atom. The van der Waals surface area contributed by atoms with Crippen molar-refractivity contribution in [3.63, 3.8) is 0 Å². The van der Waals surface area contributed by atoms with Crippen molar-refractivity contribution in [3.05, 3.63) is 70.9 Å². The molecule has 0 aliphatic carbocycles. The lowest BCUT2D eigenvalue weighted by molar-refractivity contribution is 0.000837. The largest absolute Gasteiger partial charge is 0.444 e. The van der Waals surface area contributed by atoms with Gasteiger partial charge in [0, 0.05) is 53.6 Å². The molecule has 218 valence electrons. The van der Waals surface area contributed by atoms with Crippen LogP contribution in [-0.4, -0.2) is 57.1 Å². The molecule has 2 amide bonds. The third-order valence-corrected chi connectivity index (χ3v) is 7.23. The average Bonchev–Trinajstić information content (AvgIpc) is 3.34. The molecule has 0 saturated carbocycles. The van der Waals surface area contributed by atoms with E-state index in [0.29, 0.717) is 53.2 Å². The van der Waals surface area contributed by atoms with E-state index in [1.54, 1.807) is 29.3 Å². The van der Waals surface area contributed by atoms with Crippen molar-refractivity contribution in [3.8, 4) is 33.8 Å². The summed E-state index contributed by atoms with van der Waals surface area (Å²) in [4.78, 5) is 38.5. The number of nitrogens with zero attached hydrogens (tertiary/aromatic N) is 3. The molecule has 0 radical (unpaired) electrons. The Hall–Kier alpha value is -4.57. The Labute approximate surface area is 249 Å². The summed E-state index contributed by atoms with van der Waals surface area (Å²) >= 11 is 6.27. The van der Waals surface area contributed by atoms with E-state index < -0.39 is 11.5 Å². The van der Waals surface area contributed by atoms with Crippen molar-refractivity contribution in [1.82, 2.24) is 19.9 Å². The third kappa shape index (κ3) is 6.33. The smallest absolute Gasteiger partial charge is 0.410 e. The van der Waals surface area contributed by atoms with Gasteiger partial charge in [0.2, 0.25) is 5.95 Å². The standard InChI is InChI=1S/C31H34ClN7O3/c1-17-8-9-20(32)11-22(17)26-23(28(33)40)12-25(37-26)27-24(14-36-29(34)38-27)19-6-5-7-21(10-19)35-13-18-15-39(16-18)30(41)42-31(2,3)4/h5-12,14,18,35,37H,13,15-16H2,1-4H3,(H2,33,40)(H2,34,36,38). The Balaban J connectivity index is 1.39. The van der Waals surface area contributed by atoms with Gasteiger partial charge in [-0.1, -0.05) is 29.8 Å². The Bertz CT molecular complexity index is 1650. The quantitative estimate of drug-likeness (QED) is 0.215. The number of aromatic nitrogens is 3. The first-order valence-corrected chi connectivity index (χ1v) is 14.0. The maximum absolute atomic E-state index is 12.5. The summed E-state index contributed by atoms with van der Waals surface area (Å²) in [7, 11) is 0. The fourth-order valence-electron chi connectivity index (χ4n) is 4.90. The summed E-state index contributed by atoms with van der Waals surface area (Å²) < 4.78 is 5.44. The van der Waals surface area contributed by atoms with Crippen LogP contribution in [-0.2, 0) is 4.74 Å². The molecule has 1 aliphatic heterocycles. The van der Waals surface area contributed by atoms with E-state index in [4.69, 9.17) is 27.8 Å². The molecule has 1 saturated heterocycles. The molecule has 6 N–H and O–H groups in total. The lowest BCUT2D eigenvalue weighted by atomic mass is 10.00. The van der Waals surface area contributed by atoms with Crippen LogP contribution in [0.4, 0.5) is 16.4 Å². The number of halogens is 1. The summed E-state index contributed by atoms with van der Waals surface area (Å²) in [5.74, 6) is -0.169. The molecule has 2 aromatic carbocycles. The fourth-order valence-corrected chi connectivity index (χ4v) is 5.07. The topological polar surface area (TPSA) is 152 Å². The highest BCUT2D eigenvalue weighted by Gasteiger charge is 2.33. The van der Waals surface area contributed by atoms with E-state index in [-0.39, 0.29) is 12.0 Å². The van der Waals surface area contributed by atoms with Crippen LogP contribution in [0.5, 0.6) is 0 Å². The zero-order chi connectivity index (χ0) is 30.2. The Morgan fingerprint density at radius 2 is 1.90 bits per heavy atom. The van der Waals surface area contributed by atoms with Gasteiger partial charge >= 0.3 is 6.09 Å². The molecule has 0 spiro atoms. The van der Waals surface area contributed by atoms with Gasteiger partial charge in [-0.3, -0.25) is 4.79 Å². The van der Waals surface area contributed by atoms with E-state index in [0.717, 1.165) is 27.9 Å². The second-order valence-corrected chi connectivity index (χ2v) is 11.9. The second-order valence-electron chi connectivity index (χ2n) is 11.5. The number of primary amides is 1. The van der Waals surface area contributed by atoms with Gasteiger partial charge in [0.25, 0.3) is 5.91 Å². The SMILES string of the molecule is Cc1ccc(Cl)cc1-c1[nH]c(-c2nc(N)ncc2-c2cccc(NCC3CN(C(=O)OC(C)(C)C)C3)c2)cc1C(N)=O. The number of likely N-dealkylation sites (tertiary alicyclic amines) is 1. The minimum Gasteiger partial charge on any atom is -0.444 e. The van der Waals surface area contributed by atoms with Gasteiger partial charge < -0.3 is 31.4 Å². The fraction of sp³-hybridized carbons (Fsp3) is 0.290. The molecule has 11 heteroatoms. The van der Waals surface area contributed by atoms with E-state index in [1.165, 1.54) is 0 Å². The number of ether oxygens (including phenoxy) is 1. The van der Waals surface area contributed by atoms with Crippen LogP contribution >= 0.6 is 11.6 Å². The molecular weight excluding hydrogens is 554 g/mol. The number of rotatable bonds is 7. The van der Waals surface area contributed by atoms with Crippen LogP contribution < -0.4 is 16.8 Å². The Morgan fingerprint density at radius 1 is 1.14 bits per heavy atom. The lowest BCUT2D eigenvalue weighted by Gasteiger charge is -2.40. The van der Waals surface area contributed by atoms with Crippen molar-refractivity contribution < 1.29 is 14.3 Å². The van der Waals surface area contributed by atoms with Crippen LogP contribution in [0, 0.1) is 12.8 Å². The van der Waals surface area contributed by atoms with Gasteiger partial charge in [-0.25, -0.2) is 14.8 Å². The van der Waals surface area contributed by atoms with Crippen LogP contribution in [0.3, 0.4) is 0 Å². The number of anilines is 2. The van der Waals surface area contributed by atoms with E-state index in [9.17, 15) is 9.59 Å². The van der Waals surface area contributed by atoms with Gasteiger partial charge in [-0.15, -0.1) is 0 Å². The molecule has 1 aliphatic rings. The molecule has 10 nitrogen and oxygen atoms in total.